The number of anilines is 1. The maximum absolute atomic E-state index is 11.9. The molecule has 0 amide bonds. The summed E-state index contributed by atoms with van der Waals surface area (Å²) in [6.45, 7) is 3.08. The summed E-state index contributed by atoms with van der Waals surface area (Å²) in [6, 6.07) is 7.09. The van der Waals surface area contributed by atoms with Crippen LogP contribution in [0.25, 0.3) is 0 Å². The van der Waals surface area contributed by atoms with Crippen LogP contribution in [0.15, 0.2) is 39.7 Å². The number of nitrogens with zero attached hydrogens (tertiary/aromatic N) is 2. The van der Waals surface area contributed by atoms with Crippen molar-refractivity contribution >= 4 is 33.2 Å². The maximum atomic E-state index is 11.9. The molecular weight excluding hydrogens is 330 g/mol. The predicted octanol–water partition coefficient (Wildman–Crippen LogP) is 3.14. The van der Waals surface area contributed by atoms with Gasteiger partial charge in [-0.2, -0.15) is 5.10 Å². The van der Waals surface area contributed by atoms with Gasteiger partial charge in [-0.15, -0.1) is 0 Å². The fraction of sp³-hybridized carbons (Fsp3) is 0.231. The Balaban J connectivity index is 2.26. The molecule has 1 N–H and O–H groups in total. The molecule has 0 bridgehead atoms. The highest BCUT2D eigenvalue weighted by atomic mass is 79.9. The largest absolute Gasteiger partial charge is 0.384 e. The molecule has 1 aromatic heterocycles. The molecule has 1 aromatic carbocycles. The van der Waals surface area contributed by atoms with Gasteiger partial charge >= 0.3 is 0 Å². The Morgan fingerprint density at radius 1 is 1.42 bits per heavy atom. The van der Waals surface area contributed by atoms with Gasteiger partial charge in [0.2, 0.25) is 0 Å². The lowest BCUT2D eigenvalue weighted by atomic mass is 10.2. The van der Waals surface area contributed by atoms with E-state index in [0.29, 0.717) is 11.6 Å². The quantitative estimate of drug-likeness (QED) is 0.928. The van der Waals surface area contributed by atoms with Crippen molar-refractivity contribution in [2.75, 3.05) is 11.9 Å². The van der Waals surface area contributed by atoms with E-state index >= 15 is 0 Å². The van der Waals surface area contributed by atoms with E-state index in [1.807, 2.05) is 19.1 Å². The van der Waals surface area contributed by atoms with Crippen LogP contribution in [-0.2, 0) is 6.54 Å². The van der Waals surface area contributed by atoms with Crippen LogP contribution in [0.3, 0.4) is 0 Å². The number of nitrogens with one attached hydrogen (secondary N) is 1. The Hall–Kier alpha value is -1.33. The number of rotatable bonds is 4. The zero-order chi connectivity index (χ0) is 13.8. The van der Waals surface area contributed by atoms with E-state index in [4.69, 9.17) is 11.6 Å². The molecule has 0 aliphatic heterocycles. The van der Waals surface area contributed by atoms with Crippen LogP contribution in [0, 0.1) is 0 Å². The van der Waals surface area contributed by atoms with Crippen LogP contribution in [-0.4, -0.2) is 16.3 Å². The van der Waals surface area contributed by atoms with Crippen LogP contribution in [0.2, 0.25) is 5.02 Å². The van der Waals surface area contributed by atoms with E-state index in [-0.39, 0.29) is 5.56 Å². The van der Waals surface area contributed by atoms with E-state index in [2.05, 4.69) is 26.3 Å². The number of hydrogen-bond acceptors (Lipinski definition) is 3. The smallest absolute Gasteiger partial charge is 0.269 e. The fourth-order valence-electron chi connectivity index (χ4n) is 1.66. The lowest BCUT2D eigenvalue weighted by molar-refractivity contribution is 0.639. The van der Waals surface area contributed by atoms with Crippen LogP contribution in [0.5, 0.6) is 0 Å². The van der Waals surface area contributed by atoms with Gasteiger partial charge < -0.3 is 5.32 Å². The predicted molar refractivity (Wildman–Crippen MR) is 80.9 cm³/mol. The average Bonchev–Trinajstić information content (AvgIpc) is 2.36. The fourth-order valence-corrected chi connectivity index (χ4v) is 2.40. The van der Waals surface area contributed by atoms with E-state index in [0.717, 1.165) is 22.3 Å². The third-order valence-electron chi connectivity index (χ3n) is 2.59. The van der Waals surface area contributed by atoms with Gasteiger partial charge in [0.1, 0.15) is 0 Å². The zero-order valence-electron chi connectivity index (χ0n) is 10.4. The first-order valence-corrected chi connectivity index (χ1v) is 7.02. The zero-order valence-corrected chi connectivity index (χ0v) is 12.7. The van der Waals surface area contributed by atoms with Gasteiger partial charge in [0.15, 0.2) is 0 Å². The van der Waals surface area contributed by atoms with Gasteiger partial charge in [-0.3, -0.25) is 4.79 Å². The number of halogens is 2. The highest BCUT2D eigenvalue weighted by molar-refractivity contribution is 9.10. The first-order chi connectivity index (χ1) is 9.10. The molecule has 0 atom stereocenters. The van der Waals surface area contributed by atoms with Gasteiger partial charge in [0.25, 0.3) is 5.56 Å². The van der Waals surface area contributed by atoms with Gasteiger partial charge in [0.05, 0.1) is 18.4 Å². The standard InChI is InChI=1S/C13H13BrClN3O/c1-2-16-11-6-13(19)18(17-7-11)8-9-3-4-10(14)5-12(9)15/h3-7,16H,2,8H2,1H3. The molecule has 0 fully saturated rings. The van der Waals surface area contributed by atoms with Crippen LogP contribution >= 0.6 is 27.5 Å². The molecule has 0 unspecified atom stereocenters. The summed E-state index contributed by atoms with van der Waals surface area (Å²) in [5.41, 5.74) is 1.43. The molecular formula is C13H13BrClN3O. The Kier molecular flexibility index (Phi) is 4.61. The second kappa shape index (κ2) is 6.21. The van der Waals surface area contributed by atoms with Crippen molar-refractivity contribution in [2.24, 2.45) is 0 Å². The normalized spacial score (nSPS) is 10.5. The van der Waals surface area contributed by atoms with Crippen molar-refractivity contribution in [3.63, 3.8) is 0 Å². The van der Waals surface area contributed by atoms with Gasteiger partial charge in [0, 0.05) is 22.1 Å². The number of hydrogen-bond donors (Lipinski definition) is 1. The van der Waals surface area contributed by atoms with Crippen molar-refractivity contribution in [1.29, 1.82) is 0 Å². The molecule has 0 saturated carbocycles. The maximum Gasteiger partial charge on any atom is 0.269 e. The summed E-state index contributed by atoms with van der Waals surface area (Å²) in [6.07, 6.45) is 1.64. The molecule has 6 heteroatoms. The van der Waals surface area contributed by atoms with E-state index in [9.17, 15) is 4.79 Å². The molecule has 100 valence electrons. The van der Waals surface area contributed by atoms with Crippen LogP contribution < -0.4 is 10.9 Å². The number of benzene rings is 1. The lowest BCUT2D eigenvalue weighted by Crippen LogP contribution is -2.23. The molecule has 0 radical (unpaired) electrons. The second-order valence-corrected chi connectivity index (χ2v) is 5.33. The third-order valence-corrected chi connectivity index (χ3v) is 3.43. The van der Waals surface area contributed by atoms with Crippen molar-refractivity contribution < 1.29 is 0 Å². The minimum atomic E-state index is -0.155. The third kappa shape index (κ3) is 3.58. The summed E-state index contributed by atoms with van der Waals surface area (Å²) in [5.74, 6) is 0. The summed E-state index contributed by atoms with van der Waals surface area (Å²) >= 11 is 9.47. The van der Waals surface area contributed by atoms with Gasteiger partial charge in [-0.05, 0) is 24.6 Å². The Morgan fingerprint density at radius 2 is 2.21 bits per heavy atom. The number of aromatic nitrogens is 2. The summed E-state index contributed by atoms with van der Waals surface area (Å²) in [4.78, 5) is 11.9. The highest BCUT2D eigenvalue weighted by Crippen LogP contribution is 2.21. The molecule has 1 heterocycles. The molecule has 0 saturated heterocycles. The lowest BCUT2D eigenvalue weighted by Gasteiger charge is -2.08. The van der Waals surface area contributed by atoms with Gasteiger partial charge in [-0.25, -0.2) is 4.68 Å². The molecule has 0 spiro atoms. The second-order valence-electron chi connectivity index (χ2n) is 4.01. The van der Waals surface area contributed by atoms with E-state index < -0.39 is 0 Å². The Labute approximate surface area is 124 Å². The Bertz CT molecular complexity index is 642. The van der Waals surface area contributed by atoms with Crippen molar-refractivity contribution in [3.05, 3.63) is 55.9 Å². The minimum Gasteiger partial charge on any atom is -0.384 e. The van der Waals surface area contributed by atoms with Crippen molar-refractivity contribution in [2.45, 2.75) is 13.5 Å². The molecule has 0 aliphatic rings. The molecule has 2 aromatic rings. The van der Waals surface area contributed by atoms with Crippen molar-refractivity contribution in [1.82, 2.24) is 9.78 Å². The topological polar surface area (TPSA) is 46.9 Å². The Morgan fingerprint density at radius 3 is 2.84 bits per heavy atom. The molecule has 19 heavy (non-hydrogen) atoms. The highest BCUT2D eigenvalue weighted by Gasteiger charge is 2.05. The SMILES string of the molecule is CCNc1cnn(Cc2ccc(Br)cc2Cl)c(=O)c1. The van der Waals surface area contributed by atoms with Gasteiger partial charge in [-0.1, -0.05) is 33.6 Å². The average molecular weight is 343 g/mol. The summed E-state index contributed by atoms with van der Waals surface area (Å²) in [7, 11) is 0. The van der Waals surface area contributed by atoms with Crippen LogP contribution in [0.4, 0.5) is 5.69 Å². The van der Waals surface area contributed by atoms with Crippen LogP contribution in [0.1, 0.15) is 12.5 Å². The van der Waals surface area contributed by atoms with E-state index in [1.165, 1.54) is 10.7 Å². The summed E-state index contributed by atoms with van der Waals surface area (Å²) in [5, 5.41) is 7.79. The minimum absolute atomic E-state index is 0.155. The molecule has 4 nitrogen and oxygen atoms in total. The first kappa shape index (κ1) is 14.1. The first-order valence-electron chi connectivity index (χ1n) is 5.85. The summed E-state index contributed by atoms with van der Waals surface area (Å²) < 4.78 is 2.29. The van der Waals surface area contributed by atoms with E-state index in [1.54, 1.807) is 12.3 Å². The van der Waals surface area contributed by atoms with Crippen molar-refractivity contribution in [3.8, 4) is 0 Å². The monoisotopic (exact) mass is 341 g/mol. The molecule has 0 aliphatic carbocycles. The molecule has 2 rings (SSSR count).